The van der Waals surface area contributed by atoms with E-state index in [2.05, 4.69) is 17.2 Å². The van der Waals surface area contributed by atoms with E-state index in [9.17, 15) is 4.79 Å². The predicted molar refractivity (Wildman–Crippen MR) is 81.0 cm³/mol. The van der Waals surface area contributed by atoms with Gasteiger partial charge in [0.25, 0.3) is 5.91 Å². The summed E-state index contributed by atoms with van der Waals surface area (Å²) in [6.07, 6.45) is 1.78. The Morgan fingerprint density at radius 3 is 2.70 bits per heavy atom. The molecule has 0 saturated heterocycles. The maximum absolute atomic E-state index is 12.4. The molecule has 5 heteroatoms. The zero-order valence-corrected chi connectivity index (χ0v) is 12.8. The van der Waals surface area contributed by atoms with E-state index in [4.69, 9.17) is 5.11 Å². The number of aliphatic hydroxyl groups is 1. The monoisotopic (exact) mass is 279 g/mol. The Bertz CT molecular complexity index is 449. The molecule has 0 aliphatic carbocycles. The lowest BCUT2D eigenvalue weighted by Gasteiger charge is -2.23. The summed E-state index contributed by atoms with van der Waals surface area (Å²) in [6.45, 7) is 6.70. The summed E-state index contributed by atoms with van der Waals surface area (Å²) in [5.41, 5.74) is 1.50. The second kappa shape index (κ2) is 7.85. The Morgan fingerprint density at radius 2 is 2.15 bits per heavy atom. The molecule has 112 valence electrons. The molecule has 1 rings (SSSR count). The van der Waals surface area contributed by atoms with E-state index in [1.54, 1.807) is 18.0 Å². The number of aromatic nitrogens is 1. The first-order valence-electron chi connectivity index (χ1n) is 7.16. The first-order chi connectivity index (χ1) is 9.53. The number of nitrogens with one attached hydrogen (secondary N) is 1. The summed E-state index contributed by atoms with van der Waals surface area (Å²) in [5, 5.41) is 12.4. The van der Waals surface area contributed by atoms with Crippen molar-refractivity contribution in [3.63, 3.8) is 0 Å². The SMILES string of the molecule is CCCNc1cc(C(=O)N(C)C(C)CO)cc(CC)n1. The highest BCUT2D eigenvalue weighted by Gasteiger charge is 2.18. The molecule has 0 aliphatic rings. The van der Waals surface area contributed by atoms with Gasteiger partial charge in [0.05, 0.1) is 12.6 Å². The van der Waals surface area contributed by atoms with Crippen LogP contribution in [0.5, 0.6) is 0 Å². The lowest BCUT2D eigenvalue weighted by Crippen LogP contribution is -2.37. The minimum absolute atomic E-state index is 0.0467. The van der Waals surface area contributed by atoms with Crippen LogP contribution in [0.3, 0.4) is 0 Å². The van der Waals surface area contributed by atoms with Crippen molar-refractivity contribution in [2.75, 3.05) is 25.5 Å². The van der Waals surface area contributed by atoms with Gasteiger partial charge in [-0.1, -0.05) is 13.8 Å². The van der Waals surface area contributed by atoms with Gasteiger partial charge >= 0.3 is 0 Å². The van der Waals surface area contributed by atoms with E-state index >= 15 is 0 Å². The minimum atomic E-state index is -0.201. The quantitative estimate of drug-likeness (QED) is 0.800. The largest absolute Gasteiger partial charge is 0.394 e. The van der Waals surface area contributed by atoms with Crippen molar-refractivity contribution in [3.05, 3.63) is 23.4 Å². The lowest BCUT2D eigenvalue weighted by atomic mass is 10.1. The summed E-state index contributed by atoms with van der Waals surface area (Å²) < 4.78 is 0. The topological polar surface area (TPSA) is 65.5 Å². The zero-order valence-electron chi connectivity index (χ0n) is 12.8. The van der Waals surface area contributed by atoms with Gasteiger partial charge in [-0.2, -0.15) is 0 Å². The lowest BCUT2D eigenvalue weighted by molar-refractivity contribution is 0.0682. The van der Waals surface area contributed by atoms with Gasteiger partial charge in [0, 0.05) is 24.8 Å². The molecule has 0 aliphatic heterocycles. The molecule has 0 radical (unpaired) electrons. The Kier molecular flexibility index (Phi) is 6.45. The maximum Gasteiger partial charge on any atom is 0.254 e. The number of hydrogen-bond acceptors (Lipinski definition) is 4. The molecule has 0 spiro atoms. The normalized spacial score (nSPS) is 12.1. The molecular weight excluding hydrogens is 254 g/mol. The summed E-state index contributed by atoms with van der Waals surface area (Å²) in [5.74, 6) is 0.641. The summed E-state index contributed by atoms with van der Waals surface area (Å²) >= 11 is 0. The number of aliphatic hydroxyl groups excluding tert-OH is 1. The number of carbonyl (C=O) groups excluding carboxylic acids is 1. The number of amides is 1. The van der Waals surface area contributed by atoms with Gasteiger partial charge in [0.2, 0.25) is 0 Å². The second-order valence-electron chi connectivity index (χ2n) is 4.96. The summed E-state index contributed by atoms with van der Waals surface area (Å²) in [6, 6.07) is 3.39. The molecule has 1 heterocycles. The summed E-state index contributed by atoms with van der Waals surface area (Å²) in [4.78, 5) is 18.4. The van der Waals surface area contributed by atoms with Crippen LogP contribution in [0.1, 0.15) is 43.2 Å². The van der Waals surface area contributed by atoms with E-state index < -0.39 is 0 Å². The number of rotatable bonds is 7. The highest BCUT2D eigenvalue weighted by atomic mass is 16.3. The van der Waals surface area contributed by atoms with E-state index in [0.29, 0.717) is 5.56 Å². The molecule has 0 saturated carbocycles. The third kappa shape index (κ3) is 4.20. The van der Waals surface area contributed by atoms with Gasteiger partial charge in [-0.25, -0.2) is 4.98 Å². The Balaban J connectivity index is 3.00. The third-order valence-corrected chi connectivity index (χ3v) is 3.29. The van der Waals surface area contributed by atoms with Crippen LogP contribution in [0.25, 0.3) is 0 Å². The average Bonchev–Trinajstić information content (AvgIpc) is 2.50. The van der Waals surface area contributed by atoms with Crippen molar-refractivity contribution in [2.45, 2.75) is 39.7 Å². The standard InChI is InChI=1S/C15H25N3O2/c1-5-7-16-14-9-12(8-13(6-2)17-14)15(20)18(4)11(3)10-19/h8-9,11,19H,5-7,10H2,1-4H3,(H,16,17). The maximum atomic E-state index is 12.4. The van der Waals surface area contributed by atoms with Crippen LogP contribution in [-0.4, -0.2) is 47.1 Å². The molecule has 1 aromatic rings. The number of hydrogen-bond donors (Lipinski definition) is 2. The Labute approximate surface area is 121 Å². The van der Waals surface area contributed by atoms with Crippen molar-refractivity contribution in [3.8, 4) is 0 Å². The molecule has 20 heavy (non-hydrogen) atoms. The molecule has 1 atom stereocenters. The van der Waals surface area contributed by atoms with Gasteiger partial charge in [0.1, 0.15) is 5.82 Å². The van der Waals surface area contributed by atoms with Crippen molar-refractivity contribution in [1.82, 2.24) is 9.88 Å². The van der Waals surface area contributed by atoms with Gasteiger partial charge in [-0.3, -0.25) is 4.79 Å². The minimum Gasteiger partial charge on any atom is -0.394 e. The van der Waals surface area contributed by atoms with Crippen LogP contribution in [0.4, 0.5) is 5.82 Å². The Hall–Kier alpha value is -1.62. The van der Waals surface area contributed by atoms with E-state index in [1.807, 2.05) is 19.9 Å². The van der Waals surface area contributed by atoms with Crippen molar-refractivity contribution >= 4 is 11.7 Å². The van der Waals surface area contributed by atoms with Gasteiger partial charge in [-0.05, 0) is 31.9 Å². The highest BCUT2D eigenvalue weighted by molar-refractivity contribution is 5.95. The second-order valence-corrected chi connectivity index (χ2v) is 4.96. The van der Waals surface area contributed by atoms with Gasteiger partial charge < -0.3 is 15.3 Å². The molecule has 1 unspecified atom stereocenters. The fourth-order valence-electron chi connectivity index (χ4n) is 1.76. The van der Waals surface area contributed by atoms with Crippen LogP contribution >= 0.6 is 0 Å². The molecule has 0 aromatic carbocycles. The fraction of sp³-hybridized carbons (Fsp3) is 0.600. The molecule has 1 aromatic heterocycles. The van der Waals surface area contributed by atoms with Crippen LogP contribution in [0.15, 0.2) is 12.1 Å². The Morgan fingerprint density at radius 1 is 1.45 bits per heavy atom. The fourth-order valence-corrected chi connectivity index (χ4v) is 1.76. The number of pyridine rings is 1. The predicted octanol–water partition coefficient (Wildman–Crippen LogP) is 1.92. The van der Waals surface area contributed by atoms with Crippen molar-refractivity contribution < 1.29 is 9.90 Å². The number of carbonyl (C=O) groups is 1. The van der Waals surface area contributed by atoms with E-state index in [1.165, 1.54) is 0 Å². The highest BCUT2D eigenvalue weighted by Crippen LogP contribution is 2.14. The van der Waals surface area contributed by atoms with Crippen LogP contribution in [0.2, 0.25) is 0 Å². The molecular formula is C15H25N3O2. The molecule has 1 amide bonds. The molecule has 2 N–H and O–H groups in total. The van der Waals surface area contributed by atoms with Crippen molar-refractivity contribution in [2.24, 2.45) is 0 Å². The molecule has 0 bridgehead atoms. The molecule has 0 fully saturated rings. The molecule has 5 nitrogen and oxygen atoms in total. The van der Waals surface area contributed by atoms with Crippen LogP contribution in [-0.2, 0) is 6.42 Å². The van der Waals surface area contributed by atoms with Crippen LogP contribution < -0.4 is 5.32 Å². The number of aryl methyl sites for hydroxylation is 1. The zero-order chi connectivity index (χ0) is 15.1. The summed E-state index contributed by atoms with van der Waals surface area (Å²) in [7, 11) is 1.70. The number of anilines is 1. The van der Waals surface area contributed by atoms with Crippen molar-refractivity contribution in [1.29, 1.82) is 0 Å². The van der Waals surface area contributed by atoms with E-state index in [-0.39, 0.29) is 18.6 Å². The first-order valence-corrected chi connectivity index (χ1v) is 7.16. The van der Waals surface area contributed by atoms with Gasteiger partial charge in [0.15, 0.2) is 0 Å². The smallest absolute Gasteiger partial charge is 0.254 e. The van der Waals surface area contributed by atoms with Gasteiger partial charge in [-0.15, -0.1) is 0 Å². The number of likely N-dealkylation sites (N-methyl/N-ethyl adjacent to an activating group) is 1. The van der Waals surface area contributed by atoms with Crippen LogP contribution in [0, 0.1) is 0 Å². The van der Waals surface area contributed by atoms with E-state index in [0.717, 1.165) is 30.9 Å². The number of nitrogens with zero attached hydrogens (tertiary/aromatic N) is 2. The first kappa shape index (κ1) is 16.4. The third-order valence-electron chi connectivity index (χ3n) is 3.29. The average molecular weight is 279 g/mol.